The minimum Gasteiger partial charge on any atom is -0.353 e. The molecule has 0 radical (unpaired) electrons. The molecule has 1 rings (SSSR count). The van der Waals surface area contributed by atoms with Crippen LogP contribution in [-0.4, -0.2) is 49.4 Å². The van der Waals surface area contributed by atoms with Gasteiger partial charge in [0.05, 0.1) is 13.1 Å². The van der Waals surface area contributed by atoms with Gasteiger partial charge in [0.15, 0.2) is 0 Å². The third-order valence-electron chi connectivity index (χ3n) is 2.09. The molecule has 1 heterocycles. The van der Waals surface area contributed by atoms with Crippen molar-refractivity contribution in [3.8, 4) is 0 Å². The van der Waals surface area contributed by atoms with E-state index in [4.69, 9.17) is 0 Å². The molecular weight excluding hydrogens is 182 g/mol. The van der Waals surface area contributed by atoms with E-state index in [0.29, 0.717) is 19.6 Å². The van der Waals surface area contributed by atoms with Crippen molar-refractivity contribution >= 4 is 11.8 Å². The lowest BCUT2D eigenvalue weighted by atomic mass is 10.3. The number of nitrogens with one attached hydrogen (secondary N) is 2. The molecule has 5 nitrogen and oxygen atoms in total. The molecule has 0 aliphatic carbocycles. The van der Waals surface area contributed by atoms with Crippen LogP contribution in [0.25, 0.3) is 0 Å². The summed E-state index contributed by atoms with van der Waals surface area (Å²) in [7, 11) is 0. The van der Waals surface area contributed by atoms with Gasteiger partial charge in [0, 0.05) is 13.1 Å². The van der Waals surface area contributed by atoms with Gasteiger partial charge in [-0.05, 0) is 13.0 Å². The van der Waals surface area contributed by atoms with Crippen molar-refractivity contribution in [1.29, 1.82) is 0 Å². The Hall–Kier alpha value is -1.10. The molecule has 0 saturated carbocycles. The van der Waals surface area contributed by atoms with Crippen LogP contribution in [0.5, 0.6) is 0 Å². The summed E-state index contributed by atoms with van der Waals surface area (Å²) >= 11 is 0. The lowest BCUT2D eigenvalue weighted by Crippen LogP contribution is -2.52. The summed E-state index contributed by atoms with van der Waals surface area (Å²) in [4.78, 5) is 24.1. The zero-order chi connectivity index (χ0) is 10.4. The van der Waals surface area contributed by atoms with Gasteiger partial charge in [0.2, 0.25) is 11.8 Å². The van der Waals surface area contributed by atoms with Crippen LogP contribution in [0.4, 0.5) is 0 Å². The van der Waals surface area contributed by atoms with E-state index in [0.717, 1.165) is 13.0 Å². The molecule has 0 atom stereocenters. The van der Waals surface area contributed by atoms with Gasteiger partial charge in [0.1, 0.15) is 0 Å². The summed E-state index contributed by atoms with van der Waals surface area (Å²) in [5.74, 6) is -0.0617. The first-order chi connectivity index (χ1) is 6.74. The maximum Gasteiger partial charge on any atom is 0.239 e. The highest BCUT2D eigenvalue weighted by molar-refractivity contribution is 5.86. The van der Waals surface area contributed by atoms with Crippen LogP contribution in [0.3, 0.4) is 0 Å². The molecule has 2 amide bonds. The third kappa shape index (κ3) is 3.33. The van der Waals surface area contributed by atoms with Crippen molar-refractivity contribution in [2.75, 3.05) is 32.7 Å². The highest BCUT2D eigenvalue weighted by atomic mass is 16.2. The first-order valence-corrected chi connectivity index (χ1v) is 4.99. The fraction of sp³-hybridized carbons (Fsp3) is 0.778. The molecule has 0 unspecified atom stereocenters. The van der Waals surface area contributed by atoms with E-state index >= 15 is 0 Å². The molecule has 1 saturated heterocycles. The Morgan fingerprint density at radius 1 is 1.64 bits per heavy atom. The summed E-state index contributed by atoms with van der Waals surface area (Å²) in [6.45, 7) is 4.61. The summed E-state index contributed by atoms with van der Waals surface area (Å²) < 4.78 is 0. The Labute approximate surface area is 83.8 Å². The first-order valence-electron chi connectivity index (χ1n) is 4.99. The molecule has 1 aliphatic rings. The van der Waals surface area contributed by atoms with Gasteiger partial charge in [-0.25, -0.2) is 0 Å². The van der Waals surface area contributed by atoms with Gasteiger partial charge in [-0.1, -0.05) is 6.92 Å². The largest absolute Gasteiger partial charge is 0.353 e. The monoisotopic (exact) mass is 199 g/mol. The van der Waals surface area contributed by atoms with Crippen LogP contribution >= 0.6 is 0 Å². The Bertz CT molecular complexity index is 218. The topological polar surface area (TPSA) is 61.4 Å². The fourth-order valence-corrected chi connectivity index (χ4v) is 1.34. The number of rotatable bonds is 4. The minimum absolute atomic E-state index is 0.00769. The van der Waals surface area contributed by atoms with Crippen molar-refractivity contribution in [2.45, 2.75) is 13.3 Å². The van der Waals surface area contributed by atoms with E-state index in [1.165, 1.54) is 0 Å². The number of carbonyl (C=O) groups is 2. The van der Waals surface area contributed by atoms with E-state index in [1.807, 2.05) is 6.92 Å². The maximum atomic E-state index is 11.5. The standard InChI is InChI=1S/C9H17N3O2/c1-2-3-10-6-9(14)12-5-4-11-8(13)7-12/h10H,2-7H2,1H3,(H,11,13). The summed E-state index contributed by atoms with van der Waals surface area (Å²) in [6.07, 6.45) is 1.01. The molecule has 14 heavy (non-hydrogen) atoms. The number of carbonyl (C=O) groups excluding carboxylic acids is 2. The Balaban J connectivity index is 2.25. The van der Waals surface area contributed by atoms with Crippen molar-refractivity contribution in [2.24, 2.45) is 0 Å². The molecule has 0 aromatic carbocycles. The van der Waals surface area contributed by atoms with E-state index in [-0.39, 0.29) is 18.4 Å². The summed E-state index contributed by atoms with van der Waals surface area (Å²) in [5.41, 5.74) is 0. The predicted molar refractivity (Wildman–Crippen MR) is 52.8 cm³/mol. The Kier molecular flexibility index (Phi) is 4.39. The van der Waals surface area contributed by atoms with E-state index in [2.05, 4.69) is 10.6 Å². The predicted octanol–water partition coefficient (Wildman–Crippen LogP) is -1.06. The molecule has 5 heteroatoms. The van der Waals surface area contributed by atoms with Crippen LogP contribution in [-0.2, 0) is 9.59 Å². The van der Waals surface area contributed by atoms with Gasteiger partial charge in [-0.15, -0.1) is 0 Å². The summed E-state index contributed by atoms with van der Waals surface area (Å²) in [6, 6.07) is 0. The average Bonchev–Trinajstić information content (AvgIpc) is 2.18. The Morgan fingerprint density at radius 3 is 3.07 bits per heavy atom. The van der Waals surface area contributed by atoms with Gasteiger partial charge >= 0.3 is 0 Å². The van der Waals surface area contributed by atoms with Gasteiger partial charge < -0.3 is 15.5 Å². The SMILES string of the molecule is CCCNCC(=O)N1CCNC(=O)C1. The third-order valence-corrected chi connectivity index (χ3v) is 2.09. The van der Waals surface area contributed by atoms with E-state index in [9.17, 15) is 9.59 Å². The normalized spacial score (nSPS) is 16.6. The molecule has 2 N–H and O–H groups in total. The number of hydrogen-bond donors (Lipinski definition) is 2. The number of piperazine rings is 1. The molecule has 0 aromatic heterocycles. The van der Waals surface area contributed by atoms with Crippen LogP contribution in [0.2, 0.25) is 0 Å². The second kappa shape index (κ2) is 5.59. The lowest BCUT2D eigenvalue weighted by molar-refractivity contribution is -0.137. The number of amides is 2. The van der Waals surface area contributed by atoms with Gasteiger partial charge in [-0.3, -0.25) is 9.59 Å². The van der Waals surface area contributed by atoms with Gasteiger partial charge in [0.25, 0.3) is 0 Å². The molecular formula is C9H17N3O2. The number of hydrogen-bond acceptors (Lipinski definition) is 3. The Morgan fingerprint density at radius 2 is 2.43 bits per heavy atom. The zero-order valence-corrected chi connectivity index (χ0v) is 8.51. The van der Waals surface area contributed by atoms with Crippen LogP contribution in [0.15, 0.2) is 0 Å². The van der Waals surface area contributed by atoms with Crippen LogP contribution in [0, 0.1) is 0 Å². The maximum absolute atomic E-state index is 11.5. The minimum atomic E-state index is -0.0694. The van der Waals surface area contributed by atoms with Crippen molar-refractivity contribution < 1.29 is 9.59 Å². The van der Waals surface area contributed by atoms with Crippen LogP contribution in [0.1, 0.15) is 13.3 Å². The van der Waals surface area contributed by atoms with Gasteiger partial charge in [-0.2, -0.15) is 0 Å². The zero-order valence-electron chi connectivity index (χ0n) is 8.51. The molecule has 0 bridgehead atoms. The first kappa shape index (κ1) is 11.0. The molecule has 0 spiro atoms. The molecule has 1 fully saturated rings. The second-order valence-electron chi connectivity index (χ2n) is 3.34. The second-order valence-corrected chi connectivity index (χ2v) is 3.34. The highest BCUT2D eigenvalue weighted by Gasteiger charge is 2.19. The molecule has 80 valence electrons. The quantitative estimate of drug-likeness (QED) is 0.568. The van der Waals surface area contributed by atoms with E-state index < -0.39 is 0 Å². The van der Waals surface area contributed by atoms with Crippen molar-refractivity contribution in [1.82, 2.24) is 15.5 Å². The fourth-order valence-electron chi connectivity index (χ4n) is 1.34. The number of nitrogens with zero attached hydrogens (tertiary/aromatic N) is 1. The molecule has 0 aromatic rings. The van der Waals surface area contributed by atoms with Crippen molar-refractivity contribution in [3.63, 3.8) is 0 Å². The summed E-state index contributed by atoms with van der Waals surface area (Å²) in [5, 5.41) is 5.70. The van der Waals surface area contributed by atoms with Crippen molar-refractivity contribution in [3.05, 3.63) is 0 Å². The average molecular weight is 199 g/mol. The lowest BCUT2D eigenvalue weighted by Gasteiger charge is -2.26. The smallest absolute Gasteiger partial charge is 0.239 e. The highest BCUT2D eigenvalue weighted by Crippen LogP contribution is 1.93. The molecule has 1 aliphatic heterocycles. The van der Waals surface area contributed by atoms with E-state index in [1.54, 1.807) is 4.90 Å². The van der Waals surface area contributed by atoms with Crippen LogP contribution < -0.4 is 10.6 Å².